The molecule has 2 aromatic carbocycles. The molecule has 0 amide bonds. The quantitative estimate of drug-likeness (QED) is 0.584. The number of carbonyl (C=O) groups excluding carboxylic acids is 1. The molecule has 2 fully saturated rings. The number of anilines is 1. The highest BCUT2D eigenvalue weighted by Gasteiger charge is 2.24. The second-order valence-electron chi connectivity index (χ2n) is 8.40. The molecule has 174 valence electrons. The highest BCUT2D eigenvalue weighted by atomic mass is 16.5. The Morgan fingerprint density at radius 3 is 2.76 bits per heavy atom. The van der Waals surface area contributed by atoms with E-state index in [1.54, 1.807) is 25.1 Å². The number of aromatic nitrogens is 2. The van der Waals surface area contributed by atoms with Crippen LogP contribution in [0.15, 0.2) is 36.4 Å². The molecular weight excluding hydrogens is 422 g/mol. The summed E-state index contributed by atoms with van der Waals surface area (Å²) in [6.45, 7) is 5.65. The van der Waals surface area contributed by atoms with Gasteiger partial charge < -0.3 is 24.2 Å². The molecule has 2 aliphatic rings. The van der Waals surface area contributed by atoms with Crippen molar-refractivity contribution in [3.63, 3.8) is 0 Å². The molecule has 0 spiro atoms. The van der Waals surface area contributed by atoms with E-state index in [0.717, 1.165) is 54.5 Å². The van der Waals surface area contributed by atoms with Crippen molar-refractivity contribution in [3.05, 3.63) is 42.0 Å². The van der Waals surface area contributed by atoms with Crippen LogP contribution >= 0.6 is 0 Å². The number of ether oxygens (including phenoxy) is 3. The van der Waals surface area contributed by atoms with Gasteiger partial charge in [0.05, 0.1) is 30.9 Å². The third-order valence-electron chi connectivity index (χ3n) is 6.20. The fourth-order valence-electron chi connectivity index (χ4n) is 4.57. The van der Waals surface area contributed by atoms with Crippen LogP contribution in [0, 0.1) is 0 Å². The summed E-state index contributed by atoms with van der Waals surface area (Å²) in [6, 6.07) is 11.0. The van der Waals surface area contributed by atoms with Gasteiger partial charge in [0.2, 0.25) is 0 Å². The van der Waals surface area contributed by atoms with Gasteiger partial charge in [0.25, 0.3) is 0 Å². The van der Waals surface area contributed by atoms with E-state index in [0.29, 0.717) is 37.7 Å². The van der Waals surface area contributed by atoms with Crippen LogP contribution in [0.2, 0.25) is 0 Å². The summed E-state index contributed by atoms with van der Waals surface area (Å²) in [6.07, 6.45) is 2.86. The largest absolute Gasteiger partial charge is 0.508 e. The van der Waals surface area contributed by atoms with Crippen LogP contribution in [-0.4, -0.2) is 60.4 Å². The average Bonchev–Trinajstić information content (AvgIpc) is 3.24. The number of phenols is 1. The summed E-state index contributed by atoms with van der Waals surface area (Å²) in [5, 5.41) is 16.3. The molecular formula is C25H29N3O5. The second-order valence-corrected chi connectivity index (χ2v) is 8.40. The van der Waals surface area contributed by atoms with Gasteiger partial charge in [0.15, 0.2) is 6.23 Å². The lowest BCUT2D eigenvalue weighted by Crippen LogP contribution is -2.36. The Hall–Kier alpha value is -3.10. The molecule has 5 rings (SSSR count). The van der Waals surface area contributed by atoms with E-state index in [1.807, 2.05) is 22.9 Å². The molecule has 8 nitrogen and oxygen atoms in total. The first kappa shape index (κ1) is 21.7. The van der Waals surface area contributed by atoms with E-state index in [9.17, 15) is 9.90 Å². The third-order valence-corrected chi connectivity index (χ3v) is 6.20. The van der Waals surface area contributed by atoms with Crippen molar-refractivity contribution in [2.24, 2.45) is 0 Å². The van der Waals surface area contributed by atoms with Gasteiger partial charge in [0.1, 0.15) is 11.4 Å². The molecule has 0 radical (unpaired) electrons. The first-order valence-electron chi connectivity index (χ1n) is 11.6. The summed E-state index contributed by atoms with van der Waals surface area (Å²) < 4.78 is 18.6. The molecule has 8 heteroatoms. The van der Waals surface area contributed by atoms with E-state index in [1.165, 1.54) is 0 Å². The van der Waals surface area contributed by atoms with Crippen molar-refractivity contribution in [3.8, 4) is 17.0 Å². The van der Waals surface area contributed by atoms with Crippen LogP contribution < -0.4 is 4.90 Å². The van der Waals surface area contributed by atoms with Crippen molar-refractivity contribution < 1.29 is 24.1 Å². The normalized spacial score (nSPS) is 19.1. The number of fused-ring (bicyclic) bond motifs is 1. The SMILES string of the molecule is CCOC(=O)c1ccc2c(c1)c(-c1cc(O)cc(N3CCOCC3)c1)nn2C1CCCCO1. The number of phenolic OH excluding ortho intramolecular Hbond substituents is 1. The molecule has 1 atom stereocenters. The fraction of sp³-hybridized carbons (Fsp3) is 0.440. The van der Waals surface area contributed by atoms with Crippen molar-refractivity contribution in [1.82, 2.24) is 9.78 Å². The number of esters is 1. The third kappa shape index (κ3) is 4.41. The van der Waals surface area contributed by atoms with E-state index >= 15 is 0 Å². The van der Waals surface area contributed by atoms with Crippen molar-refractivity contribution in [1.29, 1.82) is 0 Å². The Morgan fingerprint density at radius 2 is 2.00 bits per heavy atom. The summed E-state index contributed by atoms with van der Waals surface area (Å²) in [7, 11) is 0. The number of hydrogen-bond acceptors (Lipinski definition) is 7. The van der Waals surface area contributed by atoms with Crippen molar-refractivity contribution >= 4 is 22.6 Å². The lowest BCUT2D eigenvalue weighted by atomic mass is 10.0. The molecule has 33 heavy (non-hydrogen) atoms. The Balaban J connectivity index is 1.63. The van der Waals surface area contributed by atoms with E-state index in [-0.39, 0.29) is 17.9 Å². The molecule has 0 saturated carbocycles. The van der Waals surface area contributed by atoms with Gasteiger partial charge in [-0.05, 0) is 56.5 Å². The van der Waals surface area contributed by atoms with Gasteiger partial charge >= 0.3 is 5.97 Å². The second kappa shape index (κ2) is 9.41. The van der Waals surface area contributed by atoms with Crippen LogP contribution in [0.25, 0.3) is 22.2 Å². The molecule has 0 aliphatic carbocycles. The van der Waals surface area contributed by atoms with E-state index < -0.39 is 0 Å². The monoisotopic (exact) mass is 451 g/mol. The van der Waals surface area contributed by atoms with Crippen molar-refractivity contribution in [2.75, 3.05) is 44.4 Å². The molecule has 0 bridgehead atoms. The van der Waals surface area contributed by atoms with Crippen molar-refractivity contribution in [2.45, 2.75) is 32.4 Å². The van der Waals surface area contributed by atoms with Gasteiger partial charge in [-0.15, -0.1) is 0 Å². The minimum Gasteiger partial charge on any atom is -0.508 e. The fourth-order valence-corrected chi connectivity index (χ4v) is 4.57. The van der Waals surface area contributed by atoms with Gasteiger partial charge in [0, 0.05) is 42.4 Å². The average molecular weight is 452 g/mol. The maximum atomic E-state index is 12.4. The number of aromatic hydroxyl groups is 1. The number of morpholine rings is 1. The zero-order valence-corrected chi connectivity index (χ0v) is 18.8. The van der Waals surface area contributed by atoms with E-state index in [2.05, 4.69) is 4.90 Å². The van der Waals surface area contributed by atoms with Crippen LogP contribution in [0.4, 0.5) is 5.69 Å². The number of rotatable bonds is 5. The maximum absolute atomic E-state index is 12.4. The van der Waals surface area contributed by atoms with Gasteiger partial charge in [-0.3, -0.25) is 0 Å². The summed E-state index contributed by atoms with van der Waals surface area (Å²) in [5.41, 5.74) is 3.78. The Kier molecular flexibility index (Phi) is 6.20. The lowest BCUT2D eigenvalue weighted by molar-refractivity contribution is -0.0365. The van der Waals surface area contributed by atoms with E-state index in [4.69, 9.17) is 19.3 Å². The van der Waals surface area contributed by atoms with Crippen LogP contribution in [-0.2, 0) is 14.2 Å². The minimum absolute atomic E-state index is 0.153. The number of benzene rings is 2. The topological polar surface area (TPSA) is 86.0 Å². The number of nitrogens with zero attached hydrogens (tertiary/aromatic N) is 3. The zero-order chi connectivity index (χ0) is 22.8. The molecule has 1 N–H and O–H groups in total. The molecule has 2 aliphatic heterocycles. The Bertz CT molecular complexity index is 1150. The van der Waals surface area contributed by atoms with Crippen LogP contribution in [0.3, 0.4) is 0 Å². The summed E-state index contributed by atoms with van der Waals surface area (Å²) in [4.78, 5) is 14.6. The zero-order valence-electron chi connectivity index (χ0n) is 18.8. The predicted octanol–water partition coefficient (Wildman–Crippen LogP) is 4.12. The summed E-state index contributed by atoms with van der Waals surface area (Å²) in [5.74, 6) is -0.191. The minimum atomic E-state index is -0.364. The van der Waals surface area contributed by atoms with Gasteiger partial charge in [-0.25, -0.2) is 9.48 Å². The number of carbonyl (C=O) groups is 1. The lowest BCUT2D eigenvalue weighted by Gasteiger charge is -2.29. The number of hydrogen-bond donors (Lipinski definition) is 1. The molecule has 1 aromatic heterocycles. The Morgan fingerprint density at radius 1 is 1.15 bits per heavy atom. The highest BCUT2D eigenvalue weighted by molar-refractivity contribution is 6.00. The molecule has 1 unspecified atom stereocenters. The maximum Gasteiger partial charge on any atom is 0.338 e. The predicted molar refractivity (Wildman–Crippen MR) is 125 cm³/mol. The first-order valence-corrected chi connectivity index (χ1v) is 11.6. The van der Waals surface area contributed by atoms with Gasteiger partial charge in [-0.2, -0.15) is 5.10 Å². The van der Waals surface area contributed by atoms with Gasteiger partial charge in [-0.1, -0.05) is 0 Å². The molecule has 3 aromatic rings. The first-order chi connectivity index (χ1) is 16.1. The summed E-state index contributed by atoms with van der Waals surface area (Å²) >= 11 is 0. The van der Waals surface area contributed by atoms with Crippen LogP contribution in [0.1, 0.15) is 42.8 Å². The molecule has 3 heterocycles. The standard InChI is InChI=1S/C25H29N3O5/c1-2-32-25(30)17-6-7-22-21(15-17)24(26-28(22)23-5-3-4-10-33-23)18-13-19(16-20(29)14-18)27-8-11-31-12-9-27/h6-7,13-16,23,29H,2-5,8-12H2,1H3. The Labute approximate surface area is 192 Å². The molecule has 2 saturated heterocycles. The van der Waals surface area contributed by atoms with Crippen LogP contribution in [0.5, 0.6) is 5.75 Å². The smallest absolute Gasteiger partial charge is 0.338 e. The highest BCUT2D eigenvalue weighted by Crippen LogP contribution is 2.36.